The van der Waals surface area contributed by atoms with Crippen LogP contribution in [0.15, 0.2) is 30.3 Å². The Labute approximate surface area is 98.4 Å². The van der Waals surface area contributed by atoms with E-state index >= 15 is 0 Å². The lowest BCUT2D eigenvalue weighted by Crippen LogP contribution is -2.44. The van der Waals surface area contributed by atoms with Gasteiger partial charge >= 0.3 is 0 Å². The van der Waals surface area contributed by atoms with Gasteiger partial charge in [0.15, 0.2) is 0 Å². The van der Waals surface area contributed by atoms with E-state index in [1.807, 2.05) is 0 Å². The van der Waals surface area contributed by atoms with Gasteiger partial charge in [0.1, 0.15) is 0 Å². The summed E-state index contributed by atoms with van der Waals surface area (Å²) >= 11 is 0. The van der Waals surface area contributed by atoms with Crippen molar-refractivity contribution in [2.24, 2.45) is 5.41 Å². The van der Waals surface area contributed by atoms with Gasteiger partial charge in [-0.2, -0.15) is 0 Å². The molecule has 1 saturated heterocycles. The highest BCUT2D eigenvalue weighted by molar-refractivity contribution is 5.14. The van der Waals surface area contributed by atoms with Gasteiger partial charge in [-0.3, -0.25) is 0 Å². The number of hydrogen-bond donors (Lipinski definition) is 2. The summed E-state index contributed by atoms with van der Waals surface area (Å²) in [5, 5.41) is 7.06. The molecule has 1 atom stereocenters. The molecule has 1 aliphatic rings. The van der Waals surface area contributed by atoms with E-state index in [9.17, 15) is 0 Å². The van der Waals surface area contributed by atoms with Crippen molar-refractivity contribution in [3.8, 4) is 0 Å². The van der Waals surface area contributed by atoms with Gasteiger partial charge in [0.25, 0.3) is 0 Å². The van der Waals surface area contributed by atoms with Crippen molar-refractivity contribution in [1.29, 1.82) is 0 Å². The van der Waals surface area contributed by atoms with E-state index in [1.54, 1.807) is 0 Å². The Balaban J connectivity index is 1.75. The predicted octanol–water partition coefficient (Wildman–Crippen LogP) is 2.17. The average molecular weight is 218 g/mol. The fourth-order valence-electron chi connectivity index (χ4n) is 2.37. The second-order valence-electron chi connectivity index (χ2n) is 5.18. The lowest BCUT2D eigenvalue weighted by atomic mass is 9.83. The van der Waals surface area contributed by atoms with E-state index in [-0.39, 0.29) is 0 Å². The first kappa shape index (κ1) is 11.6. The number of nitrogens with one attached hydrogen (secondary N) is 2. The van der Waals surface area contributed by atoms with Gasteiger partial charge in [-0.05, 0) is 30.4 Å². The number of benzene rings is 1. The van der Waals surface area contributed by atoms with Crippen LogP contribution >= 0.6 is 0 Å². The van der Waals surface area contributed by atoms with Crippen LogP contribution in [-0.4, -0.2) is 19.6 Å². The van der Waals surface area contributed by atoms with E-state index in [1.165, 1.54) is 24.9 Å². The summed E-state index contributed by atoms with van der Waals surface area (Å²) in [6.45, 7) is 6.80. The quantitative estimate of drug-likeness (QED) is 0.809. The fraction of sp³-hybridized carbons (Fsp3) is 0.571. The Morgan fingerprint density at radius 1 is 1.31 bits per heavy atom. The van der Waals surface area contributed by atoms with Crippen molar-refractivity contribution in [1.82, 2.24) is 10.6 Å². The van der Waals surface area contributed by atoms with E-state index in [4.69, 9.17) is 0 Å². The largest absolute Gasteiger partial charge is 0.316 e. The monoisotopic (exact) mass is 218 g/mol. The zero-order chi connectivity index (χ0) is 11.3. The molecule has 0 amide bonds. The van der Waals surface area contributed by atoms with Gasteiger partial charge in [0.05, 0.1) is 0 Å². The second kappa shape index (κ2) is 5.46. The van der Waals surface area contributed by atoms with Crippen LogP contribution in [-0.2, 0) is 6.54 Å². The predicted molar refractivity (Wildman–Crippen MR) is 68.4 cm³/mol. The van der Waals surface area contributed by atoms with Gasteiger partial charge in [-0.25, -0.2) is 0 Å². The normalized spacial score (nSPS) is 25.6. The van der Waals surface area contributed by atoms with Gasteiger partial charge in [-0.1, -0.05) is 37.3 Å². The summed E-state index contributed by atoms with van der Waals surface area (Å²) in [6, 6.07) is 10.6. The van der Waals surface area contributed by atoms with E-state index in [0.717, 1.165) is 19.6 Å². The minimum absolute atomic E-state index is 0.438. The van der Waals surface area contributed by atoms with Crippen LogP contribution in [0.5, 0.6) is 0 Å². The van der Waals surface area contributed by atoms with Gasteiger partial charge in [-0.15, -0.1) is 0 Å². The Kier molecular flexibility index (Phi) is 3.97. The minimum atomic E-state index is 0.438. The summed E-state index contributed by atoms with van der Waals surface area (Å²) in [6.07, 6.45) is 2.64. The molecule has 88 valence electrons. The molecule has 1 aromatic rings. The van der Waals surface area contributed by atoms with Crippen LogP contribution in [0.3, 0.4) is 0 Å². The maximum absolute atomic E-state index is 3.57. The molecule has 0 saturated carbocycles. The Morgan fingerprint density at radius 3 is 2.81 bits per heavy atom. The second-order valence-corrected chi connectivity index (χ2v) is 5.18. The Bertz CT molecular complexity index is 302. The summed E-state index contributed by atoms with van der Waals surface area (Å²) in [4.78, 5) is 0. The molecule has 0 aromatic heterocycles. The van der Waals surface area contributed by atoms with Gasteiger partial charge < -0.3 is 10.6 Å². The zero-order valence-electron chi connectivity index (χ0n) is 10.1. The summed E-state index contributed by atoms with van der Waals surface area (Å²) < 4.78 is 0. The highest BCUT2D eigenvalue weighted by Gasteiger charge is 2.25. The molecule has 2 N–H and O–H groups in total. The molecule has 1 aromatic carbocycles. The maximum Gasteiger partial charge on any atom is 0.0205 e. The van der Waals surface area contributed by atoms with Crippen molar-refractivity contribution < 1.29 is 0 Å². The first-order valence-electron chi connectivity index (χ1n) is 6.24. The third-order valence-electron chi connectivity index (χ3n) is 3.41. The molecule has 1 aliphatic heterocycles. The van der Waals surface area contributed by atoms with E-state index < -0.39 is 0 Å². The van der Waals surface area contributed by atoms with Crippen molar-refractivity contribution >= 4 is 0 Å². The fourth-order valence-corrected chi connectivity index (χ4v) is 2.37. The Morgan fingerprint density at radius 2 is 2.12 bits per heavy atom. The van der Waals surface area contributed by atoms with Crippen molar-refractivity contribution in [3.63, 3.8) is 0 Å². The van der Waals surface area contributed by atoms with Gasteiger partial charge in [0.2, 0.25) is 0 Å². The molecule has 2 rings (SSSR count). The highest BCUT2D eigenvalue weighted by atomic mass is 14.9. The van der Waals surface area contributed by atoms with Crippen molar-refractivity contribution in [3.05, 3.63) is 35.9 Å². The zero-order valence-corrected chi connectivity index (χ0v) is 10.1. The molecule has 2 nitrogen and oxygen atoms in total. The van der Waals surface area contributed by atoms with E-state index in [0.29, 0.717) is 5.41 Å². The third-order valence-corrected chi connectivity index (χ3v) is 3.41. The molecule has 0 spiro atoms. The molecule has 0 bridgehead atoms. The van der Waals surface area contributed by atoms with Crippen LogP contribution in [0, 0.1) is 5.41 Å². The van der Waals surface area contributed by atoms with Crippen molar-refractivity contribution in [2.45, 2.75) is 26.3 Å². The highest BCUT2D eigenvalue weighted by Crippen LogP contribution is 2.24. The van der Waals surface area contributed by atoms with Crippen LogP contribution in [0.25, 0.3) is 0 Å². The van der Waals surface area contributed by atoms with Crippen molar-refractivity contribution in [2.75, 3.05) is 19.6 Å². The minimum Gasteiger partial charge on any atom is -0.316 e. The van der Waals surface area contributed by atoms with Crippen LogP contribution in [0.2, 0.25) is 0 Å². The topological polar surface area (TPSA) is 24.1 Å². The van der Waals surface area contributed by atoms with Crippen LogP contribution in [0.1, 0.15) is 25.3 Å². The number of piperidine rings is 1. The number of hydrogen-bond acceptors (Lipinski definition) is 2. The molecule has 1 unspecified atom stereocenters. The molecule has 2 heteroatoms. The van der Waals surface area contributed by atoms with E-state index in [2.05, 4.69) is 47.9 Å². The smallest absolute Gasteiger partial charge is 0.0205 e. The van der Waals surface area contributed by atoms with Crippen LogP contribution in [0.4, 0.5) is 0 Å². The Hall–Kier alpha value is -0.860. The molecular formula is C14H22N2. The molecule has 16 heavy (non-hydrogen) atoms. The average Bonchev–Trinajstić information content (AvgIpc) is 2.31. The maximum atomic E-state index is 3.57. The molecule has 1 heterocycles. The molecular weight excluding hydrogens is 196 g/mol. The first-order valence-corrected chi connectivity index (χ1v) is 6.24. The van der Waals surface area contributed by atoms with Gasteiger partial charge in [0, 0.05) is 19.6 Å². The SMILES string of the molecule is CC1(CNCc2ccccc2)CCCNC1. The summed E-state index contributed by atoms with van der Waals surface area (Å²) in [5.74, 6) is 0. The molecule has 0 aliphatic carbocycles. The summed E-state index contributed by atoms with van der Waals surface area (Å²) in [5.41, 5.74) is 1.81. The standard InChI is InChI=1S/C14H22N2/c1-14(8-5-9-15-11-14)12-16-10-13-6-3-2-4-7-13/h2-4,6-7,15-16H,5,8-12H2,1H3. The number of rotatable bonds is 4. The summed E-state index contributed by atoms with van der Waals surface area (Å²) in [7, 11) is 0. The third kappa shape index (κ3) is 3.32. The molecule has 1 fully saturated rings. The molecule has 0 radical (unpaired) electrons. The lowest BCUT2D eigenvalue weighted by Gasteiger charge is -2.34. The first-order chi connectivity index (χ1) is 7.79. The lowest BCUT2D eigenvalue weighted by molar-refractivity contribution is 0.226. The van der Waals surface area contributed by atoms with Crippen LogP contribution < -0.4 is 10.6 Å².